The molecule has 6 heteroatoms. The summed E-state index contributed by atoms with van der Waals surface area (Å²) in [5, 5.41) is 13.3. The monoisotopic (exact) mass is 409 g/mol. The third-order valence-electron chi connectivity index (χ3n) is 5.20. The highest BCUT2D eigenvalue weighted by Crippen LogP contribution is 2.33. The molecule has 1 fully saturated rings. The summed E-state index contributed by atoms with van der Waals surface area (Å²) in [6.07, 6.45) is 0.494. The number of hydrogen-bond acceptors (Lipinski definition) is 6. The molecule has 1 unspecified atom stereocenters. The Bertz CT molecular complexity index is 915. The van der Waals surface area contributed by atoms with Crippen LogP contribution in [0.2, 0.25) is 0 Å². The van der Waals surface area contributed by atoms with Gasteiger partial charge < -0.3 is 14.7 Å². The molecule has 1 aromatic heterocycles. The highest BCUT2D eigenvalue weighted by atomic mass is 32.1. The first-order chi connectivity index (χ1) is 14.2. The molecule has 5 nitrogen and oxygen atoms in total. The molecule has 1 N–H and O–H groups in total. The van der Waals surface area contributed by atoms with Crippen LogP contribution in [0, 0.1) is 0 Å². The van der Waals surface area contributed by atoms with Crippen LogP contribution < -0.4 is 4.74 Å². The molecule has 3 aromatic rings. The van der Waals surface area contributed by atoms with Gasteiger partial charge in [0.2, 0.25) is 0 Å². The van der Waals surface area contributed by atoms with Gasteiger partial charge in [0.05, 0.1) is 12.3 Å². The quantitative estimate of drug-likeness (QED) is 0.602. The lowest BCUT2D eigenvalue weighted by Crippen LogP contribution is -2.52. The number of aliphatic hydroxyl groups excluding tert-OH is 1. The highest BCUT2D eigenvalue weighted by molar-refractivity contribution is 7.13. The molecule has 0 bridgehead atoms. The molecule has 0 amide bonds. The number of aromatic nitrogens is 1. The number of rotatable bonds is 7. The lowest BCUT2D eigenvalue weighted by atomic mass is 10.1. The second-order valence-electron chi connectivity index (χ2n) is 7.38. The predicted molar refractivity (Wildman–Crippen MR) is 118 cm³/mol. The average molecular weight is 410 g/mol. The van der Waals surface area contributed by atoms with E-state index in [9.17, 15) is 5.11 Å². The van der Waals surface area contributed by atoms with E-state index in [4.69, 9.17) is 9.72 Å². The first kappa shape index (κ1) is 20.0. The number of para-hydroxylation sites is 1. The van der Waals surface area contributed by atoms with Crippen molar-refractivity contribution in [2.24, 2.45) is 0 Å². The number of piperazine rings is 1. The molecule has 1 aliphatic rings. The van der Waals surface area contributed by atoms with E-state index in [-0.39, 0.29) is 6.23 Å². The number of ether oxygens (including phenoxy) is 1. The molecule has 152 valence electrons. The second-order valence-corrected chi connectivity index (χ2v) is 8.24. The largest absolute Gasteiger partial charge is 0.493 e. The van der Waals surface area contributed by atoms with Crippen molar-refractivity contribution in [2.75, 3.05) is 39.8 Å². The Morgan fingerprint density at radius 3 is 2.72 bits per heavy atom. The number of aliphatic hydroxyl groups is 1. The molecule has 1 atom stereocenters. The number of thiazole rings is 1. The van der Waals surface area contributed by atoms with Crippen molar-refractivity contribution in [3.8, 4) is 27.6 Å². The Kier molecular flexibility index (Phi) is 6.56. The Morgan fingerprint density at radius 2 is 1.90 bits per heavy atom. The average Bonchev–Trinajstić information content (AvgIpc) is 3.23. The molecule has 29 heavy (non-hydrogen) atoms. The summed E-state index contributed by atoms with van der Waals surface area (Å²) < 4.78 is 6.10. The smallest absolute Gasteiger partial charge is 0.128 e. The summed E-state index contributed by atoms with van der Waals surface area (Å²) in [6.45, 7) is 4.05. The van der Waals surface area contributed by atoms with Crippen LogP contribution in [0.4, 0.5) is 0 Å². The summed E-state index contributed by atoms with van der Waals surface area (Å²) in [6, 6.07) is 18.3. The van der Waals surface area contributed by atoms with E-state index in [1.54, 1.807) is 11.3 Å². The van der Waals surface area contributed by atoms with Crippen LogP contribution in [0.1, 0.15) is 6.42 Å². The van der Waals surface area contributed by atoms with E-state index in [1.165, 1.54) is 0 Å². The molecule has 0 saturated carbocycles. The SMILES string of the molecule is CN1CCN(CCCOc2ccccc2-c2csc(-c3ccccc3)n2)C(O)C1. The molecule has 2 aromatic carbocycles. The summed E-state index contributed by atoms with van der Waals surface area (Å²) in [4.78, 5) is 9.11. The maximum Gasteiger partial charge on any atom is 0.128 e. The van der Waals surface area contributed by atoms with E-state index >= 15 is 0 Å². The maximum atomic E-state index is 10.2. The third-order valence-corrected chi connectivity index (χ3v) is 6.09. The van der Waals surface area contributed by atoms with Crippen LogP contribution in [-0.4, -0.2) is 66.0 Å². The van der Waals surface area contributed by atoms with Crippen molar-refractivity contribution >= 4 is 11.3 Å². The van der Waals surface area contributed by atoms with Gasteiger partial charge in [-0.3, -0.25) is 4.90 Å². The summed E-state index contributed by atoms with van der Waals surface area (Å²) in [7, 11) is 2.04. The Morgan fingerprint density at radius 1 is 1.10 bits per heavy atom. The molecule has 0 aliphatic carbocycles. The van der Waals surface area contributed by atoms with Crippen LogP contribution >= 0.6 is 11.3 Å². The maximum absolute atomic E-state index is 10.2. The topological polar surface area (TPSA) is 48.8 Å². The normalized spacial score (nSPS) is 18.1. The van der Waals surface area contributed by atoms with E-state index < -0.39 is 0 Å². The van der Waals surface area contributed by atoms with E-state index in [2.05, 4.69) is 33.4 Å². The fraction of sp³-hybridized carbons (Fsp3) is 0.348. The van der Waals surface area contributed by atoms with E-state index in [0.717, 1.165) is 53.6 Å². The van der Waals surface area contributed by atoms with Crippen LogP contribution in [-0.2, 0) is 0 Å². The van der Waals surface area contributed by atoms with Crippen molar-refractivity contribution in [1.29, 1.82) is 0 Å². The van der Waals surface area contributed by atoms with Gasteiger partial charge in [-0.05, 0) is 25.6 Å². The second kappa shape index (κ2) is 9.50. The van der Waals surface area contributed by atoms with Crippen molar-refractivity contribution in [2.45, 2.75) is 12.6 Å². The minimum atomic E-state index is -0.382. The predicted octanol–water partition coefficient (Wildman–Crippen LogP) is 3.81. The molecule has 2 heterocycles. The van der Waals surface area contributed by atoms with Gasteiger partial charge in [0.1, 0.15) is 17.0 Å². The lowest BCUT2D eigenvalue weighted by molar-refractivity contribution is -0.0502. The molecule has 1 saturated heterocycles. The Labute approximate surface area is 176 Å². The first-order valence-corrected chi connectivity index (χ1v) is 10.9. The Balaban J connectivity index is 1.37. The van der Waals surface area contributed by atoms with Gasteiger partial charge in [-0.2, -0.15) is 0 Å². The fourth-order valence-corrected chi connectivity index (χ4v) is 4.39. The third kappa shape index (κ3) is 5.03. The molecule has 1 aliphatic heterocycles. The zero-order chi connectivity index (χ0) is 20.1. The minimum Gasteiger partial charge on any atom is -0.493 e. The van der Waals surface area contributed by atoms with Gasteiger partial charge in [0.15, 0.2) is 0 Å². The van der Waals surface area contributed by atoms with Crippen LogP contribution in [0.15, 0.2) is 60.0 Å². The highest BCUT2D eigenvalue weighted by Gasteiger charge is 2.22. The zero-order valence-electron chi connectivity index (χ0n) is 16.7. The molecule has 0 spiro atoms. The lowest BCUT2D eigenvalue weighted by Gasteiger charge is -2.36. The minimum absolute atomic E-state index is 0.382. The zero-order valence-corrected chi connectivity index (χ0v) is 17.5. The molecular formula is C23H27N3O2S. The number of hydrogen-bond donors (Lipinski definition) is 1. The summed E-state index contributed by atoms with van der Waals surface area (Å²) in [5.41, 5.74) is 3.09. The molecular weight excluding hydrogens is 382 g/mol. The van der Waals surface area contributed by atoms with E-state index in [0.29, 0.717) is 13.2 Å². The number of likely N-dealkylation sites (N-methyl/N-ethyl adjacent to an activating group) is 1. The number of β-amino-alcohol motifs (C(OH)–C–C–N with tert-alkyl or cyclic N) is 1. The van der Waals surface area contributed by atoms with Crippen LogP contribution in [0.5, 0.6) is 5.75 Å². The first-order valence-electron chi connectivity index (χ1n) is 10.0. The van der Waals surface area contributed by atoms with Crippen LogP contribution in [0.25, 0.3) is 21.8 Å². The molecule has 4 rings (SSSR count). The van der Waals surface area contributed by atoms with Gasteiger partial charge >= 0.3 is 0 Å². The molecule has 0 radical (unpaired) electrons. The van der Waals surface area contributed by atoms with Crippen molar-refractivity contribution in [3.63, 3.8) is 0 Å². The van der Waals surface area contributed by atoms with Gasteiger partial charge in [0, 0.05) is 42.7 Å². The van der Waals surface area contributed by atoms with E-state index in [1.807, 2.05) is 43.4 Å². The van der Waals surface area contributed by atoms with Gasteiger partial charge in [-0.1, -0.05) is 42.5 Å². The van der Waals surface area contributed by atoms with Crippen molar-refractivity contribution in [1.82, 2.24) is 14.8 Å². The van der Waals surface area contributed by atoms with Gasteiger partial charge in [-0.25, -0.2) is 4.98 Å². The summed E-state index contributed by atoms with van der Waals surface area (Å²) in [5.74, 6) is 0.858. The Hall–Kier alpha value is -2.25. The van der Waals surface area contributed by atoms with Crippen LogP contribution in [0.3, 0.4) is 0 Å². The van der Waals surface area contributed by atoms with Crippen molar-refractivity contribution < 1.29 is 9.84 Å². The summed E-state index contributed by atoms with van der Waals surface area (Å²) >= 11 is 1.65. The van der Waals surface area contributed by atoms with Gasteiger partial charge in [0.25, 0.3) is 0 Å². The van der Waals surface area contributed by atoms with Gasteiger partial charge in [-0.15, -0.1) is 11.3 Å². The van der Waals surface area contributed by atoms with Crippen molar-refractivity contribution in [3.05, 3.63) is 60.0 Å². The number of benzene rings is 2. The standard InChI is InChI=1S/C23H27N3O2S/c1-25-13-14-26(22(27)16-25)12-7-15-28-21-11-6-5-10-19(21)20-17-29-23(24-20)18-8-3-2-4-9-18/h2-6,8-11,17,22,27H,7,12-16H2,1H3. The fourth-order valence-electron chi connectivity index (χ4n) is 3.56. The number of nitrogens with zero attached hydrogens (tertiary/aromatic N) is 3.